The Morgan fingerprint density at radius 2 is 1.57 bits per heavy atom. The van der Waals surface area contributed by atoms with E-state index in [0.717, 1.165) is 0 Å². The summed E-state index contributed by atoms with van der Waals surface area (Å²) < 4.78 is 42.5. The Hall–Kier alpha value is -1.49. The summed E-state index contributed by atoms with van der Waals surface area (Å²) in [4.78, 5) is 0. The van der Waals surface area contributed by atoms with E-state index < -0.39 is 23.8 Å². The van der Waals surface area contributed by atoms with Crippen LogP contribution in [-0.4, -0.2) is 22.5 Å². The van der Waals surface area contributed by atoms with Crippen molar-refractivity contribution in [3.05, 3.63) is 42.0 Å². The number of ether oxygens (including phenoxy) is 1. The van der Waals surface area contributed by atoms with Crippen molar-refractivity contribution in [3.8, 4) is 0 Å². The highest BCUT2D eigenvalue weighted by molar-refractivity contribution is 5.58. The molecule has 0 spiro atoms. The molecular weight excluding hydrogens is 281 g/mol. The van der Waals surface area contributed by atoms with Gasteiger partial charge in [-0.25, -0.2) is 0 Å². The fourth-order valence-electron chi connectivity index (χ4n) is 1.53. The third-order valence-electron chi connectivity index (χ3n) is 3.53. The second-order valence-electron chi connectivity index (χ2n) is 6.08. The monoisotopic (exact) mass is 302 g/mol. The van der Waals surface area contributed by atoms with E-state index in [2.05, 4.69) is 6.58 Å². The minimum absolute atomic E-state index is 0.181. The fraction of sp³-hybridized carbons (Fsp3) is 0.500. The van der Waals surface area contributed by atoms with Crippen LogP contribution < -0.4 is 0 Å². The van der Waals surface area contributed by atoms with Gasteiger partial charge in [0.1, 0.15) is 11.4 Å². The molecule has 0 aliphatic rings. The van der Waals surface area contributed by atoms with Gasteiger partial charge in [-0.15, -0.1) is 0 Å². The molecule has 0 fully saturated rings. The molecule has 0 heterocycles. The predicted molar refractivity (Wildman–Crippen MR) is 76.7 cm³/mol. The second kappa shape index (κ2) is 5.72. The van der Waals surface area contributed by atoms with Gasteiger partial charge in [0.15, 0.2) is 0 Å². The average molecular weight is 302 g/mol. The lowest BCUT2D eigenvalue weighted by atomic mass is 9.89. The maximum Gasteiger partial charge on any atom is 0.393 e. The number of aliphatic hydroxyl groups is 1. The highest BCUT2D eigenvalue weighted by atomic mass is 19.4. The third kappa shape index (κ3) is 5.08. The molecule has 5 heteroatoms. The molecule has 2 nitrogen and oxygen atoms in total. The van der Waals surface area contributed by atoms with Crippen molar-refractivity contribution in [3.63, 3.8) is 0 Å². The summed E-state index contributed by atoms with van der Waals surface area (Å²) in [6.45, 7) is 10.4. The van der Waals surface area contributed by atoms with Crippen LogP contribution in [0.25, 0.3) is 5.76 Å². The van der Waals surface area contributed by atoms with Crippen LogP contribution in [-0.2, 0) is 11.2 Å². The van der Waals surface area contributed by atoms with Gasteiger partial charge in [0.2, 0.25) is 0 Å². The van der Waals surface area contributed by atoms with Crippen LogP contribution in [0, 0.1) is 0 Å². The van der Waals surface area contributed by atoms with Gasteiger partial charge in [0, 0.05) is 5.56 Å². The Labute approximate surface area is 123 Å². The molecule has 0 atom stereocenters. The molecule has 0 radical (unpaired) electrons. The van der Waals surface area contributed by atoms with Gasteiger partial charge in [0.25, 0.3) is 0 Å². The lowest BCUT2D eigenvalue weighted by Gasteiger charge is -2.38. The standard InChI is InChI=1S/C16H21F3O2/c1-11(21-15(4,5)14(2,3)20)13-8-6-12(7-9-13)10-16(17,18)19/h6-9,20H,1,10H2,2-5H3. The minimum Gasteiger partial charge on any atom is -0.485 e. The van der Waals surface area contributed by atoms with E-state index >= 15 is 0 Å². The predicted octanol–water partition coefficient (Wildman–Crippen LogP) is 4.33. The van der Waals surface area contributed by atoms with Gasteiger partial charge in [-0.05, 0) is 33.3 Å². The molecule has 1 N–H and O–H groups in total. The summed E-state index contributed by atoms with van der Waals surface area (Å²) in [5.74, 6) is 0.306. The van der Waals surface area contributed by atoms with E-state index in [4.69, 9.17) is 4.74 Å². The number of halogens is 3. The normalized spacial score (nSPS) is 13.1. The molecule has 0 bridgehead atoms. The van der Waals surface area contributed by atoms with E-state index in [9.17, 15) is 18.3 Å². The van der Waals surface area contributed by atoms with E-state index in [0.29, 0.717) is 11.3 Å². The first kappa shape index (κ1) is 17.6. The topological polar surface area (TPSA) is 29.5 Å². The van der Waals surface area contributed by atoms with Crippen LogP contribution in [0.5, 0.6) is 0 Å². The van der Waals surface area contributed by atoms with Crippen LogP contribution in [0.3, 0.4) is 0 Å². The molecule has 1 aromatic rings. The smallest absolute Gasteiger partial charge is 0.393 e. The molecule has 1 rings (SSSR count). The Bertz CT molecular complexity index is 494. The van der Waals surface area contributed by atoms with Crippen molar-refractivity contribution < 1.29 is 23.0 Å². The number of hydrogen-bond acceptors (Lipinski definition) is 2. The number of benzene rings is 1. The highest BCUT2D eigenvalue weighted by Gasteiger charge is 2.37. The first-order valence-corrected chi connectivity index (χ1v) is 6.58. The Morgan fingerprint density at radius 1 is 1.10 bits per heavy atom. The van der Waals surface area contributed by atoms with E-state index in [1.165, 1.54) is 24.3 Å². The quantitative estimate of drug-likeness (QED) is 0.820. The Kier molecular flexibility index (Phi) is 4.78. The van der Waals surface area contributed by atoms with Gasteiger partial charge >= 0.3 is 6.18 Å². The van der Waals surface area contributed by atoms with Crippen molar-refractivity contribution >= 4 is 5.76 Å². The van der Waals surface area contributed by atoms with Gasteiger partial charge in [-0.2, -0.15) is 13.2 Å². The van der Waals surface area contributed by atoms with Crippen LogP contribution in [0.4, 0.5) is 13.2 Å². The lowest BCUT2D eigenvalue weighted by molar-refractivity contribution is -0.127. The van der Waals surface area contributed by atoms with Crippen LogP contribution in [0.1, 0.15) is 38.8 Å². The zero-order valence-electron chi connectivity index (χ0n) is 12.7. The molecule has 0 aliphatic heterocycles. The third-order valence-corrected chi connectivity index (χ3v) is 3.53. The molecule has 0 amide bonds. The number of hydrogen-bond donors (Lipinski definition) is 1. The zero-order valence-corrected chi connectivity index (χ0v) is 12.7. The molecule has 0 unspecified atom stereocenters. The Balaban J connectivity index is 2.81. The average Bonchev–Trinajstić information content (AvgIpc) is 2.25. The summed E-state index contributed by atoms with van der Waals surface area (Å²) in [5.41, 5.74) is -1.21. The van der Waals surface area contributed by atoms with Gasteiger partial charge in [0.05, 0.1) is 12.0 Å². The maximum absolute atomic E-state index is 12.3. The maximum atomic E-state index is 12.3. The van der Waals surface area contributed by atoms with Gasteiger partial charge in [-0.3, -0.25) is 0 Å². The van der Waals surface area contributed by atoms with Crippen LogP contribution >= 0.6 is 0 Å². The largest absolute Gasteiger partial charge is 0.485 e. The zero-order chi connectivity index (χ0) is 16.5. The summed E-state index contributed by atoms with van der Waals surface area (Å²) in [6.07, 6.45) is -5.19. The van der Waals surface area contributed by atoms with Crippen molar-refractivity contribution in [2.24, 2.45) is 0 Å². The van der Waals surface area contributed by atoms with Crippen LogP contribution in [0.15, 0.2) is 30.8 Å². The molecule has 21 heavy (non-hydrogen) atoms. The first-order valence-electron chi connectivity index (χ1n) is 6.58. The number of alkyl halides is 3. The van der Waals surface area contributed by atoms with E-state index in [1.54, 1.807) is 27.7 Å². The van der Waals surface area contributed by atoms with E-state index in [1.807, 2.05) is 0 Å². The second-order valence-corrected chi connectivity index (χ2v) is 6.08. The van der Waals surface area contributed by atoms with Crippen molar-refractivity contribution in [1.82, 2.24) is 0 Å². The summed E-state index contributed by atoms with van der Waals surface area (Å²) in [6, 6.07) is 5.86. The summed E-state index contributed by atoms with van der Waals surface area (Å²) in [7, 11) is 0. The molecule has 0 saturated carbocycles. The lowest BCUT2D eigenvalue weighted by Crippen LogP contribution is -2.46. The van der Waals surface area contributed by atoms with Crippen molar-refractivity contribution in [1.29, 1.82) is 0 Å². The minimum atomic E-state index is -4.22. The highest BCUT2D eigenvalue weighted by Crippen LogP contribution is 2.31. The molecular formula is C16H21F3O2. The Morgan fingerprint density at radius 3 is 1.95 bits per heavy atom. The van der Waals surface area contributed by atoms with Crippen molar-refractivity contribution in [2.75, 3.05) is 0 Å². The molecule has 1 aromatic carbocycles. The summed E-state index contributed by atoms with van der Waals surface area (Å²) >= 11 is 0. The number of rotatable bonds is 5. The van der Waals surface area contributed by atoms with Gasteiger partial charge < -0.3 is 9.84 Å². The van der Waals surface area contributed by atoms with Gasteiger partial charge in [-0.1, -0.05) is 30.8 Å². The first-order chi connectivity index (χ1) is 9.32. The molecule has 118 valence electrons. The fourth-order valence-corrected chi connectivity index (χ4v) is 1.53. The molecule has 0 aliphatic carbocycles. The van der Waals surface area contributed by atoms with E-state index in [-0.39, 0.29) is 5.56 Å². The molecule has 0 saturated heterocycles. The SMILES string of the molecule is C=C(OC(C)(C)C(C)(C)O)c1ccc(CC(F)(F)F)cc1. The summed E-state index contributed by atoms with van der Waals surface area (Å²) in [5, 5.41) is 10.0. The van der Waals surface area contributed by atoms with Crippen LogP contribution in [0.2, 0.25) is 0 Å². The van der Waals surface area contributed by atoms with Crippen molar-refractivity contribution in [2.45, 2.75) is 51.5 Å². The molecule has 0 aromatic heterocycles.